The van der Waals surface area contributed by atoms with Gasteiger partial charge in [0.25, 0.3) is 0 Å². The molecule has 2 atom stereocenters. The van der Waals surface area contributed by atoms with E-state index in [1.54, 1.807) is 0 Å². The average molecular weight is 849 g/mol. The maximum atomic E-state index is 12.7. The Morgan fingerprint density at radius 2 is 0.983 bits per heavy atom. The minimum Gasteiger partial charge on any atom is -0.457 e. The number of allylic oxidation sites excluding steroid dienone is 12. The lowest BCUT2D eigenvalue weighted by Crippen LogP contribution is -2.37. The third-order valence-electron chi connectivity index (χ3n) is 9.73. The van der Waals surface area contributed by atoms with Crippen molar-refractivity contribution < 1.29 is 37.3 Å². The van der Waals surface area contributed by atoms with E-state index in [4.69, 9.17) is 18.5 Å². The minimum absolute atomic E-state index is 0.0822. The molecule has 0 fully saturated rings. The zero-order valence-corrected chi connectivity index (χ0v) is 39.6. The number of hydrogen-bond donors (Lipinski definition) is 1. The molecular formula is C50H91NO7P+. The van der Waals surface area contributed by atoms with E-state index < -0.39 is 13.9 Å². The van der Waals surface area contributed by atoms with Crippen molar-refractivity contribution >= 4 is 13.8 Å². The van der Waals surface area contributed by atoms with Crippen molar-refractivity contribution in [3.8, 4) is 0 Å². The number of likely N-dealkylation sites (N-methyl/N-ethyl adjacent to an activating group) is 1. The number of nitrogens with zero attached hydrogens (tertiary/aromatic N) is 1. The molecule has 59 heavy (non-hydrogen) atoms. The molecule has 0 spiro atoms. The zero-order chi connectivity index (χ0) is 43.4. The van der Waals surface area contributed by atoms with E-state index in [0.29, 0.717) is 24.1 Å². The minimum atomic E-state index is -4.28. The number of ether oxygens (including phenoxy) is 2. The van der Waals surface area contributed by atoms with E-state index in [0.717, 1.165) is 77.0 Å². The highest BCUT2D eigenvalue weighted by Crippen LogP contribution is 2.43. The van der Waals surface area contributed by atoms with Gasteiger partial charge in [-0.15, -0.1) is 0 Å². The Morgan fingerprint density at radius 3 is 1.47 bits per heavy atom. The third kappa shape index (κ3) is 46.9. The molecule has 0 heterocycles. The lowest BCUT2D eigenvalue weighted by Gasteiger charge is -2.24. The first-order valence-corrected chi connectivity index (χ1v) is 25.2. The van der Waals surface area contributed by atoms with Gasteiger partial charge in [-0.2, -0.15) is 0 Å². The predicted octanol–water partition coefficient (Wildman–Crippen LogP) is 14.3. The van der Waals surface area contributed by atoms with Gasteiger partial charge in [0.05, 0.1) is 34.4 Å². The quantitative estimate of drug-likeness (QED) is 0.0215. The molecule has 8 nitrogen and oxygen atoms in total. The number of unbranched alkanes of at least 4 members (excludes halogenated alkanes) is 17. The van der Waals surface area contributed by atoms with Crippen LogP contribution in [0.15, 0.2) is 72.9 Å². The van der Waals surface area contributed by atoms with Gasteiger partial charge in [-0.3, -0.25) is 13.8 Å². The molecule has 0 radical (unpaired) electrons. The largest absolute Gasteiger partial charge is 0.472 e. The van der Waals surface area contributed by atoms with Crippen LogP contribution in [-0.4, -0.2) is 75.6 Å². The lowest BCUT2D eigenvalue weighted by molar-refractivity contribution is -0.870. The molecule has 0 rings (SSSR count). The van der Waals surface area contributed by atoms with Crippen molar-refractivity contribution in [1.82, 2.24) is 0 Å². The van der Waals surface area contributed by atoms with Crippen LogP contribution in [0.4, 0.5) is 0 Å². The normalized spacial score (nSPS) is 14.3. The smallest absolute Gasteiger partial charge is 0.457 e. The van der Waals surface area contributed by atoms with E-state index in [2.05, 4.69) is 86.8 Å². The Bertz CT molecular complexity index is 1170. The Kier molecular flexibility index (Phi) is 41.1. The summed E-state index contributed by atoms with van der Waals surface area (Å²) in [6.07, 6.45) is 55.1. The van der Waals surface area contributed by atoms with Crippen LogP contribution in [-0.2, 0) is 27.9 Å². The van der Waals surface area contributed by atoms with E-state index in [-0.39, 0.29) is 25.8 Å². The molecule has 0 aromatic heterocycles. The number of carbonyl (C=O) groups excluding carboxylic acids is 1. The highest BCUT2D eigenvalue weighted by atomic mass is 31.2. The third-order valence-corrected chi connectivity index (χ3v) is 10.7. The molecule has 0 bridgehead atoms. The Balaban J connectivity index is 4.18. The lowest BCUT2D eigenvalue weighted by atomic mass is 10.0. The molecule has 0 saturated heterocycles. The molecular weight excluding hydrogens is 758 g/mol. The predicted molar refractivity (Wildman–Crippen MR) is 252 cm³/mol. The maximum absolute atomic E-state index is 12.7. The van der Waals surface area contributed by atoms with Crippen LogP contribution >= 0.6 is 7.82 Å². The Labute approximate surface area is 363 Å². The van der Waals surface area contributed by atoms with Crippen LogP contribution < -0.4 is 0 Å². The summed E-state index contributed by atoms with van der Waals surface area (Å²) in [5, 5.41) is 0. The molecule has 9 heteroatoms. The van der Waals surface area contributed by atoms with E-state index in [1.165, 1.54) is 83.5 Å². The molecule has 2 unspecified atom stereocenters. The summed E-state index contributed by atoms with van der Waals surface area (Å²) >= 11 is 0. The Hall–Kier alpha value is -2.06. The van der Waals surface area contributed by atoms with Crippen molar-refractivity contribution in [3.63, 3.8) is 0 Å². The van der Waals surface area contributed by atoms with Crippen LogP contribution in [0, 0.1) is 0 Å². The molecule has 0 aliphatic carbocycles. The second-order valence-corrected chi connectivity index (χ2v) is 18.2. The zero-order valence-electron chi connectivity index (χ0n) is 38.7. The first kappa shape index (κ1) is 56.9. The number of quaternary nitrogens is 1. The van der Waals surface area contributed by atoms with E-state index in [1.807, 2.05) is 21.1 Å². The van der Waals surface area contributed by atoms with Gasteiger partial charge in [-0.1, -0.05) is 170 Å². The molecule has 0 aliphatic heterocycles. The van der Waals surface area contributed by atoms with Gasteiger partial charge in [0.1, 0.15) is 19.3 Å². The maximum Gasteiger partial charge on any atom is 0.472 e. The van der Waals surface area contributed by atoms with E-state index >= 15 is 0 Å². The first-order valence-electron chi connectivity index (χ1n) is 23.7. The van der Waals surface area contributed by atoms with E-state index in [9.17, 15) is 14.3 Å². The van der Waals surface area contributed by atoms with Gasteiger partial charge >= 0.3 is 13.8 Å². The van der Waals surface area contributed by atoms with Crippen molar-refractivity contribution in [1.29, 1.82) is 0 Å². The van der Waals surface area contributed by atoms with Gasteiger partial charge in [0.15, 0.2) is 0 Å². The molecule has 342 valence electrons. The van der Waals surface area contributed by atoms with Crippen LogP contribution in [0.5, 0.6) is 0 Å². The number of hydrogen-bond acceptors (Lipinski definition) is 6. The molecule has 0 amide bonds. The molecule has 0 aliphatic rings. The van der Waals surface area contributed by atoms with Gasteiger partial charge in [-0.05, 0) is 77.0 Å². The summed E-state index contributed by atoms with van der Waals surface area (Å²) in [5.74, 6) is -0.325. The SMILES string of the molecule is CC/C=C\C/C=C\C/C=C\C/C=C\CCCCCCCCCCCCC(=O)OC(COCCCCCCCC/C=C\C/C=C\CCC)COP(=O)(O)OCC[N+](C)(C)C. The van der Waals surface area contributed by atoms with Crippen molar-refractivity contribution in [2.24, 2.45) is 0 Å². The van der Waals surface area contributed by atoms with Crippen molar-refractivity contribution in [2.75, 3.05) is 54.1 Å². The topological polar surface area (TPSA) is 91.3 Å². The highest BCUT2D eigenvalue weighted by molar-refractivity contribution is 7.47. The summed E-state index contributed by atoms with van der Waals surface area (Å²) in [7, 11) is 1.65. The standard InChI is InChI=1S/C50H90NO7P/c1-6-8-10-12-14-16-18-20-22-23-24-25-26-27-28-29-30-31-33-35-37-39-41-43-50(52)58-49(48-57-59(53,54)56-46-44-51(3,4)5)47-55-45-42-40-38-36-34-32-21-19-17-15-13-11-9-7-2/h8,10-11,13-14,16-17,19-20,22,24-25,49H,6-7,9,12,15,18,21,23,26-48H2,1-5H3/p+1/b10-8-,13-11-,16-14-,19-17-,22-20-,25-24-. The molecule has 1 N–H and O–H groups in total. The summed E-state index contributed by atoms with van der Waals surface area (Å²) in [6.45, 7) is 5.41. The fourth-order valence-electron chi connectivity index (χ4n) is 6.11. The summed E-state index contributed by atoms with van der Waals surface area (Å²) in [6, 6.07) is 0. The average Bonchev–Trinajstić information content (AvgIpc) is 3.19. The summed E-state index contributed by atoms with van der Waals surface area (Å²) in [5.41, 5.74) is 0. The second kappa shape index (κ2) is 42.6. The van der Waals surface area contributed by atoms with Gasteiger partial charge in [-0.25, -0.2) is 4.57 Å². The van der Waals surface area contributed by atoms with Gasteiger partial charge < -0.3 is 18.9 Å². The van der Waals surface area contributed by atoms with Crippen LogP contribution in [0.1, 0.15) is 181 Å². The Morgan fingerprint density at radius 1 is 0.542 bits per heavy atom. The second-order valence-electron chi connectivity index (χ2n) is 16.8. The van der Waals surface area contributed by atoms with Crippen molar-refractivity contribution in [2.45, 2.75) is 187 Å². The monoisotopic (exact) mass is 849 g/mol. The van der Waals surface area contributed by atoms with Gasteiger partial charge in [0, 0.05) is 13.0 Å². The fourth-order valence-corrected chi connectivity index (χ4v) is 6.85. The number of phosphoric ester groups is 1. The van der Waals surface area contributed by atoms with Crippen LogP contribution in [0.3, 0.4) is 0 Å². The summed E-state index contributed by atoms with van der Waals surface area (Å²) < 4.78 is 35.0. The molecule has 0 aromatic rings. The number of rotatable bonds is 43. The van der Waals surface area contributed by atoms with Gasteiger partial charge in [0.2, 0.25) is 0 Å². The number of phosphoric acid groups is 1. The van der Waals surface area contributed by atoms with Crippen LogP contribution in [0.2, 0.25) is 0 Å². The number of carbonyl (C=O) groups is 1. The molecule has 0 saturated carbocycles. The first-order chi connectivity index (χ1) is 28.6. The van der Waals surface area contributed by atoms with Crippen molar-refractivity contribution in [3.05, 3.63) is 72.9 Å². The van der Waals surface area contributed by atoms with Crippen LogP contribution in [0.25, 0.3) is 0 Å². The molecule has 0 aromatic carbocycles. The number of esters is 1. The summed E-state index contributed by atoms with van der Waals surface area (Å²) in [4.78, 5) is 22.9. The fraction of sp³-hybridized carbons (Fsp3) is 0.740. The highest BCUT2D eigenvalue weighted by Gasteiger charge is 2.26.